The van der Waals surface area contributed by atoms with Gasteiger partial charge in [-0.1, -0.05) is 34.8 Å². The summed E-state index contributed by atoms with van der Waals surface area (Å²) in [6, 6.07) is 6.56. The molecule has 1 aromatic heterocycles. The number of carbonyl (C=O) groups excluding carboxylic acids is 2. The maximum Gasteiger partial charge on any atom is 0.241 e. The fourth-order valence-corrected chi connectivity index (χ4v) is 4.87. The Hall–Kier alpha value is -2.24. The number of halogens is 1. The summed E-state index contributed by atoms with van der Waals surface area (Å²) in [7, 11) is -3.69. The van der Waals surface area contributed by atoms with Crippen LogP contribution in [0.25, 0.3) is 0 Å². The molecule has 0 atom stereocenters. The average Bonchev–Trinajstić information content (AvgIpc) is 3.33. The predicted molar refractivity (Wildman–Crippen MR) is 115 cm³/mol. The summed E-state index contributed by atoms with van der Waals surface area (Å²) >= 11 is 3.23. The lowest BCUT2D eigenvalue weighted by atomic mass is 10.2. The summed E-state index contributed by atoms with van der Waals surface area (Å²) in [5.41, 5.74) is 0.448. The highest BCUT2D eigenvalue weighted by Gasteiger charge is 2.18. The highest BCUT2D eigenvalue weighted by molar-refractivity contribution is 9.10. The van der Waals surface area contributed by atoms with E-state index in [1.54, 1.807) is 18.3 Å². The summed E-state index contributed by atoms with van der Waals surface area (Å²) in [5.74, 6) is -0.466. The van der Waals surface area contributed by atoms with Gasteiger partial charge in [0.05, 0.1) is 16.8 Å². The van der Waals surface area contributed by atoms with Gasteiger partial charge in [0.25, 0.3) is 0 Å². The zero-order valence-corrected chi connectivity index (χ0v) is 18.7. The van der Waals surface area contributed by atoms with Gasteiger partial charge in [-0.2, -0.15) is 5.10 Å². The Morgan fingerprint density at radius 2 is 1.97 bits per heavy atom. The number of anilines is 1. The van der Waals surface area contributed by atoms with Crippen LogP contribution in [0.4, 0.5) is 5.69 Å². The standard InChI is InChI=1S/C19H24BrN5O4S/c20-14-4-3-7-17(10-14)30(28,29)22-9-8-18(26)24-16-11-21-25(12-16)13-19(27)23-15-5-1-2-6-15/h3-4,7,10-12,15,22H,1-2,5-6,8-9,13H2,(H,23,27)(H,24,26). The Balaban J connectivity index is 1.42. The second-order valence-corrected chi connectivity index (χ2v) is 9.81. The first-order valence-corrected chi connectivity index (χ1v) is 12.0. The van der Waals surface area contributed by atoms with E-state index < -0.39 is 10.0 Å². The van der Waals surface area contributed by atoms with E-state index in [1.807, 2.05) is 0 Å². The van der Waals surface area contributed by atoms with Gasteiger partial charge in [0.15, 0.2) is 0 Å². The number of amides is 2. The van der Waals surface area contributed by atoms with Crippen LogP contribution in [0, 0.1) is 0 Å². The number of benzene rings is 1. The van der Waals surface area contributed by atoms with Crippen molar-refractivity contribution in [3.8, 4) is 0 Å². The van der Waals surface area contributed by atoms with Crippen molar-refractivity contribution in [3.63, 3.8) is 0 Å². The van der Waals surface area contributed by atoms with Crippen LogP contribution in [0.3, 0.4) is 0 Å². The van der Waals surface area contributed by atoms with Crippen LogP contribution in [0.15, 0.2) is 46.0 Å². The molecule has 9 nitrogen and oxygen atoms in total. The number of hydrogen-bond donors (Lipinski definition) is 3. The van der Waals surface area contributed by atoms with E-state index in [1.165, 1.54) is 23.0 Å². The molecule has 30 heavy (non-hydrogen) atoms. The molecule has 1 saturated carbocycles. The highest BCUT2D eigenvalue weighted by atomic mass is 79.9. The van der Waals surface area contributed by atoms with Crippen molar-refractivity contribution < 1.29 is 18.0 Å². The van der Waals surface area contributed by atoms with Gasteiger partial charge in [-0.15, -0.1) is 0 Å². The molecule has 0 bridgehead atoms. The molecular weight excluding hydrogens is 474 g/mol. The molecule has 0 aliphatic heterocycles. The van der Waals surface area contributed by atoms with E-state index in [4.69, 9.17) is 0 Å². The van der Waals surface area contributed by atoms with Gasteiger partial charge < -0.3 is 10.6 Å². The van der Waals surface area contributed by atoms with Crippen LogP contribution >= 0.6 is 15.9 Å². The third-order valence-corrected chi connectivity index (χ3v) is 6.65. The minimum Gasteiger partial charge on any atom is -0.352 e. The van der Waals surface area contributed by atoms with E-state index in [0.29, 0.717) is 10.2 Å². The number of rotatable bonds is 9. The van der Waals surface area contributed by atoms with E-state index in [-0.39, 0.29) is 42.3 Å². The molecular formula is C19H24BrN5O4S. The van der Waals surface area contributed by atoms with Crippen molar-refractivity contribution in [1.82, 2.24) is 19.8 Å². The number of sulfonamides is 1. The third kappa shape index (κ3) is 6.64. The van der Waals surface area contributed by atoms with Gasteiger partial charge in [0.1, 0.15) is 6.54 Å². The number of carbonyl (C=O) groups is 2. The van der Waals surface area contributed by atoms with Gasteiger partial charge in [-0.3, -0.25) is 14.3 Å². The molecule has 1 aliphatic rings. The highest BCUT2D eigenvalue weighted by Crippen LogP contribution is 2.18. The van der Waals surface area contributed by atoms with Crippen molar-refractivity contribution in [3.05, 3.63) is 41.1 Å². The van der Waals surface area contributed by atoms with Crippen molar-refractivity contribution in [2.45, 2.75) is 49.6 Å². The van der Waals surface area contributed by atoms with Crippen LogP contribution in [0.1, 0.15) is 32.1 Å². The van der Waals surface area contributed by atoms with Crippen molar-refractivity contribution in [1.29, 1.82) is 0 Å². The van der Waals surface area contributed by atoms with Crippen molar-refractivity contribution in [2.24, 2.45) is 0 Å². The molecule has 1 fully saturated rings. The second kappa shape index (κ2) is 10.2. The van der Waals surface area contributed by atoms with Gasteiger partial charge in [0.2, 0.25) is 21.8 Å². The Morgan fingerprint density at radius 1 is 1.20 bits per heavy atom. The zero-order chi connectivity index (χ0) is 21.6. The molecule has 1 aliphatic carbocycles. The Bertz CT molecular complexity index is 1000. The van der Waals surface area contributed by atoms with Gasteiger partial charge >= 0.3 is 0 Å². The van der Waals surface area contributed by atoms with Crippen LogP contribution in [0.2, 0.25) is 0 Å². The number of nitrogens with one attached hydrogen (secondary N) is 3. The predicted octanol–water partition coefficient (Wildman–Crippen LogP) is 2.01. The maximum absolute atomic E-state index is 12.2. The average molecular weight is 498 g/mol. The maximum atomic E-state index is 12.2. The third-order valence-electron chi connectivity index (χ3n) is 4.69. The fourth-order valence-electron chi connectivity index (χ4n) is 3.25. The minimum atomic E-state index is -3.69. The lowest BCUT2D eigenvalue weighted by Gasteiger charge is -2.11. The summed E-state index contributed by atoms with van der Waals surface area (Å²) in [6.45, 7) is 0.0391. The molecule has 0 radical (unpaired) electrons. The lowest BCUT2D eigenvalue weighted by molar-refractivity contribution is -0.122. The largest absolute Gasteiger partial charge is 0.352 e. The molecule has 0 unspecified atom stereocenters. The van der Waals surface area contributed by atoms with Crippen LogP contribution in [0.5, 0.6) is 0 Å². The first kappa shape index (κ1) is 22.4. The molecule has 3 rings (SSSR count). The molecule has 2 amide bonds. The van der Waals surface area contributed by atoms with Gasteiger partial charge in [-0.25, -0.2) is 13.1 Å². The van der Waals surface area contributed by atoms with Crippen molar-refractivity contribution in [2.75, 3.05) is 11.9 Å². The van der Waals surface area contributed by atoms with Crippen molar-refractivity contribution >= 4 is 43.5 Å². The molecule has 1 heterocycles. The van der Waals surface area contributed by atoms with Crippen LogP contribution in [-0.2, 0) is 26.2 Å². The molecule has 1 aromatic carbocycles. The summed E-state index contributed by atoms with van der Waals surface area (Å²) in [5, 5.41) is 9.71. The number of nitrogens with zero attached hydrogens (tertiary/aromatic N) is 2. The van der Waals surface area contributed by atoms with E-state index in [0.717, 1.165) is 25.7 Å². The Labute approximate surface area is 183 Å². The second-order valence-electron chi connectivity index (χ2n) is 7.13. The van der Waals surface area contributed by atoms with E-state index in [2.05, 4.69) is 36.4 Å². The van der Waals surface area contributed by atoms with Crippen LogP contribution in [-0.4, -0.2) is 42.6 Å². The SMILES string of the molecule is O=C(CCNS(=O)(=O)c1cccc(Br)c1)Nc1cnn(CC(=O)NC2CCCC2)c1. The molecule has 2 aromatic rings. The Morgan fingerprint density at radius 3 is 2.70 bits per heavy atom. The number of aromatic nitrogens is 2. The molecule has 162 valence electrons. The number of hydrogen-bond acceptors (Lipinski definition) is 5. The molecule has 11 heteroatoms. The summed E-state index contributed by atoms with van der Waals surface area (Å²) in [6.07, 6.45) is 7.28. The smallest absolute Gasteiger partial charge is 0.241 e. The molecule has 0 spiro atoms. The van der Waals surface area contributed by atoms with E-state index >= 15 is 0 Å². The first-order valence-electron chi connectivity index (χ1n) is 9.69. The van der Waals surface area contributed by atoms with Gasteiger partial charge in [-0.05, 0) is 31.0 Å². The Kier molecular flexibility index (Phi) is 7.62. The molecule has 3 N–H and O–H groups in total. The quantitative estimate of drug-likeness (QED) is 0.488. The van der Waals surface area contributed by atoms with Crippen LogP contribution < -0.4 is 15.4 Å². The monoisotopic (exact) mass is 497 g/mol. The first-order chi connectivity index (χ1) is 14.3. The topological polar surface area (TPSA) is 122 Å². The van der Waals surface area contributed by atoms with Gasteiger partial charge in [0, 0.05) is 29.7 Å². The molecule has 0 saturated heterocycles. The summed E-state index contributed by atoms with van der Waals surface area (Å²) in [4.78, 5) is 24.2. The normalized spacial score (nSPS) is 14.6. The zero-order valence-electron chi connectivity index (χ0n) is 16.3. The fraction of sp³-hybridized carbons (Fsp3) is 0.421. The minimum absolute atomic E-state index is 0.0411. The lowest BCUT2D eigenvalue weighted by Crippen LogP contribution is -2.35. The van der Waals surface area contributed by atoms with E-state index in [9.17, 15) is 18.0 Å². The summed E-state index contributed by atoms with van der Waals surface area (Å²) < 4.78 is 29.0.